The molecule has 1 fully saturated rings. The van der Waals surface area contributed by atoms with E-state index in [0.717, 1.165) is 17.9 Å². The molecule has 2 aromatic heterocycles. The van der Waals surface area contributed by atoms with Crippen LogP contribution in [0.1, 0.15) is 51.3 Å². The minimum absolute atomic E-state index is 0.255. The molecule has 0 saturated heterocycles. The highest BCUT2D eigenvalue weighted by Crippen LogP contribution is 2.45. The summed E-state index contributed by atoms with van der Waals surface area (Å²) in [5.74, 6) is 1.37. The summed E-state index contributed by atoms with van der Waals surface area (Å²) in [6.07, 6.45) is 4.94. The van der Waals surface area contributed by atoms with E-state index in [1.54, 1.807) is 10.6 Å². The predicted octanol–water partition coefficient (Wildman–Crippen LogP) is 3.46. The standard InChI is InChI=1S/C13H17ClN4/c1-13(2)8-4-3-5-9(13)12-16-15-11-7-6-10(14)17-18(11)12/h6-7,9H,3-5,8H2,1-2H3. The van der Waals surface area contributed by atoms with Crippen LogP contribution in [0.5, 0.6) is 0 Å². The Morgan fingerprint density at radius 3 is 2.89 bits per heavy atom. The fourth-order valence-corrected chi connectivity index (χ4v) is 3.11. The van der Waals surface area contributed by atoms with Gasteiger partial charge in [0.15, 0.2) is 11.5 Å². The van der Waals surface area contributed by atoms with Crippen molar-refractivity contribution in [3.05, 3.63) is 23.1 Å². The molecule has 1 unspecified atom stereocenters. The Morgan fingerprint density at radius 2 is 2.11 bits per heavy atom. The molecule has 2 heterocycles. The van der Waals surface area contributed by atoms with Crippen molar-refractivity contribution in [3.8, 4) is 0 Å². The molecule has 0 N–H and O–H groups in total. The first-order valence-corrected chi connectivity index (χ1v) is 6.83. The van der Waals surface area contributed by atoms with Gasteiger partial charge in [-0.25, -0.2) is 0 Å². The second kappa shape index (κ2) is 4.19. The SMILES string of the molecule is CC1(C)CCCCC1c1nnc2ccc(Cl)nn12. The second-order valence-electron chi connectivity index (χ2n) is 5.77. The van der Waals surface area contributed by atoms with Crippen molar-refractivity contribution in [2.24, 2.45) is 5.41 Å². The first kappa shape index (κ1) is 11.9. The summed E-state index contributed by atoms with van der Waals surface area (Å²) in [6, 6.07) is 3.61. The minimum Gasteiger partial charge on any atom is -0.196 e. The molecule has 0 aromatic carbocycles. The van der Waals surface area contributed by atoms with Crippen LogP contribution in [0.2, 0.25) is 5.15 Å². The first-order valence-electron chi connectivity index (χ1n) is 6.46. The Labute approximate surface area is 111 Å². The number of rotatable bonds is 1. The van der Waals surface area contributed by atoms with Crippen molar-refractivity contribution in [3.63, 3.8) is 0 Å². The van der Waals surface area contributed by atoms with Crippen LogP contribution in [0, 0.1) is 5.41 Å². The molecule has 1 aliphatic carbocycles. The van der Waals surface area contributed by atoms with E-state index in [1.165, 1.54) is 19.3 Å². The Morgan fingerprint density at radius 1 is 1.28 bits per heavy atom. The number of nitrogens with zero attached hydrogens (tertiary/aromatic N) is 4. The normalized spacial score (nSPS) is 23.4. The highest BCUT2D eigenvalue weighted by Gasteiger charge is 2.36. The van der Waals surface area contributed by atoms with Gasteiger partial charge in [0.2, 0.25) is 0 Å². The van der Waals surface area contributed by atoms with Crippen LogP contribution < -0.4 is 0 Å². The summed E-state index contributed by atoms with van der Waals surface area (Å²) in [4.78, 5) is 0. The largest absolute Gasteiger partial charge is 0.196 e. The summed E-state index contributed by atoms with van der Waals surface area (Å²) >= 11 is 5.97. The molecule has 0 amide bonds. The average Bonchev–Trinajstić information content (AvgIpc) is 2.71. The van der Waals surface area contributed by atoms with E-state index in [1.807, 2.05) is 6.07 Å². The zero-order valence-electron chi connectivity index (χ0n) is 10.7. The molecule has 1 saturated carbocycles. The van der Waals surface area contributed by atoms with Gasteiger partial charge in [-0.3, -0.25) is 0 Å². The van der Waals surface area contributed by atoms with Crippen LogP contribution >= 0.6 is 11.6 Å². The van der Waals surface area contributed by atoms with Gasteiger partial charge >= 0.3 is 0 Å². The van der Waals surface area contributed by atoms with E-state index in [9.17, 15) is 0 Å². The van der Waals surface area contributed by atoms with Gasteiger partial charge in [-0.15, -0.1) is 10.2 Å². The lowest BCUT2D eigenvalue weighted by Gasteiger charge is -2.37. The molecular weight excluding hydrogens is 248 g/mol. The van der Waals surface area contributed by atoms with Gasteiger partial charge in [0.25, 0.3) is 0 Å². The van der Waals surface area contributed by atoms with Crippen molar-refractivity contribution in [2.75, 3.05) is 0 Å². The van der Waals surface area contributed by atoms with E-state index in [-0.39, 0.29) is 5.41 Å². The van der Waals surface area contributed by atoms with E-state index in [0.29, 0.717) is 11.1 Å². The maximum atomic E-state index is 5.97. The lowest BCUT2D eigenvalue weighted by atomic mass is 9.68. The smallest absolute Gasteiger partial charge is 0.178 e. The molecular formula is C13H17ClN4. The highest BCUT2D eigenvalue weighted by molar-refractivity contribution is 6.29. The van der Waals surface area contributed by atoms with Crippen LogP contribution in [-0.2, 0) is 0 Å². The second-order valence-corrected chi connectivity index (χ2v) is 6.16. The van der Waals surface area contributed by atoms with Crippen molar-refractivity contribution in [2.45, 2.75) is 45.4 Å². The molecule has 3 rings (SSSR count). The molecule has 2 aromatic rings. The summed E-state index contributed by atoms with van der Waals surface area (Å²) in [6.45, 7) is 4.62. The van der Waals surface area contributed by atoms with Gasteiger partial charge in [0.05, 0.1) is 0 Å². The quantitative estimate of drug-likeness (QED) is 0.792. The Hall–Kier alpha value is -1.16. The maximum absolute atomic E-state index is 5.97. The molecule has 96 valence electrons. The zero-order chi connectivity index (χ0) is 12.8. The third-order valence-electron chi connectivity index (χ3n) is 4.07. The number of hydrogen-bond acceptors (Lipinski definition) is 3. The molecule has 0 bridgehead atoms. The van der Waals surface area contributed by atoms with E-state index in [4.69, 9.17) is 11.6 Å². The highest BCUT2D eigenvalue weighted by atomic mass is 35.5. The Kier molecular flexibility index (Phi) is 2.77. The fourth-order valence-electron chi connectivity index (χ4n) is 2.97. The lowest BCUT2D eigenvalue weighted by molar-refractivity contribution is 0.190. The first-order chi connectivity index (χ1) is 8.58. The maximum Gasteiger partial charge on any atom is 0.178 e. The average molecular weight is 265 g/mol. The lowest BCUT2D eigenvalue weighted by Crippen LogP contribution is -2.28. The molecule has 0 radical (unpaired) electrons. The summed E-state index contributed by atoms with van der Waals surface area (Å²) in [5.41, 5.74) is 1.03. The molecule has 5 heteroatoms. The van der Waals surface area contributed by atoms with Crippen LogP contribution in [0.15, 0.2) is 12.1 Å². The summed E-state index contributed by atoms with van der Waals surface area (Å²) < 4.78 is 1.81. The third-order valence-corrected chi connectivity index (χ3v) is 4.27. The molecule has 4 nitrogen and oxygen atoms in total. The molecule has 1 aliphatic rings. The Bertz CT molecular complexity index is 575. The molecule has 1 atom stereocenters. The molecule has 0 aliphatic heterocycles. The van der Waals surface area contributed by atoms with Gasteiger partial charge in [-0.2, -0.15) is 9.61 Å². The number of fused-ring (bicyclic) bond motifs is 1. The summed E-state index contributed by atoms with van der Waals surface area (Å²) in [7, 11) is 0. The van der Waals surface area contributed by atoms with Crippen LogP contribution in [0.4, 0.5) is 0 Å². The number of hydrogen-bond donors (Lipinski definition) is 0. The van der Waals surface area contributed by atoms with Gasteiger partial charge < -0.3 is 0 Å². The van der Waals surface area contributed by atoms with Gasteiger partial charge in [-0.05, 0) is 30.4 Å². The van der Waals surface area contributed by atoms with Crippen LogP contribution in [0.25, 0.3) is 5.65 Å². The monoisotopic (exact) mass is 264 g/mol. The topological polar surface area (TPSA) is 43.1 Å². The van der Waals surface area contributed by atoms with Crippen molar-refractivity contribution in [1.29, 1.82) is 0 Å². The van der Waals surface area contributed by atoms with Crippen molar-refractivity contribution < 1.29 is 0 Å². The predicted molar refractivity (Wildman–Crippen MR) is 70.8 cm³/mol. The van der Waals surface area contributed by atoms with Gasteiger partial charge in [0, 0.05) is 5.92 Å². The van der Waals surface area contributed by atoms with Crippen LogP contribution in [0.3, 0.4) is 0 Å². The van der Waals surface area contributed by atoms with Gasteiger partial charge in [0.1, 0.15) is 5.15 Å². The minimum atomic E-state index is 0.255. The third kappa shape index (κ3) is 1.88. The molecule has 0 spiro atoms. The van der Waals surface area contributed by atoms with Crippen molar-refractivity contribution >= 4 is 17.2 Å². The van der Waals surface area contributed by atoms with Gasteiger partial charge in [-0.1, -0.05) is 38.3 Å². The van der Waals surface area contributed by atoms with E-state index < -0.39 is 0 Å². The van der Waals surface area contributed by atoms with Crippen molar-refractivity contribution in [1.82, 2.24) is 19.8 Å². The van der Waals surface area contributed by atoms with E-state index >= 15 is 0 Å². The fraction of sp³-hybridized carbons (Fsp3) is 0.615. The van der Waals surface area contributed by atoms with Crippen LogP contribution in [-0.4, -0.2) is 19.8 Å². The molecule has 18 heavy (non-hydrogen) atoms. The zero-order valence-corrected chi connectivity index (χ0v) is 11.5. The Balaban J connectivity index is 2.10. The summed E-state index contributed by atoms with van der Waals surface area (Å²) in [5, 5.41) is 13.4. The number of halogens is 1. The van der Waals surface area contributed by atoms with E-state index in [2.05, 4.69) is 29.1 Å². The number of aromatic nitrogens is 4.